The third-order valence-corrected chi connectivity index (χ3v) is 5.67. The molecule has 33 heavy (non-hydrogen) atoms. The van der Waals surface area contributed by atoms with Gasteiger partial charge in [0.2, 0.25) is 11.9 Å². The van der Waals surface area contributed by atoms with Gasteiger partial charge in [-0.05, 0) is 24.8 Å². The van der Waals surface area contributed by atoms with Gasteiger partial charge in [0.25, 0.3) is 6.43 Å². The number of rotatable bonds is 6. The van der Waals surface area contributed by atoms with Crippen LogP contribution in [0.3, 0.4) is 0 Å². The maximum atomic E-state index is 13.2. The predicted octanol–water partition coefficient (Wildman–Crippen LogP) is 1.64. The van der Waals surface area contributed by atoms with E-state index in [4.69, 9.17) is 5.11 Å². The highest BCUT2D eigenvalue weighted by molar-refractivity contribution is 5.87. The molecule has 0 atom stereocenters. The van der Waals surface area contributed by atoms with Crippen molar-refractivity contribution in [3.05, 3.63) is 47.0 Å². The molecule has 4 heterocycles. The number of fused-ring (bicyclic) bond motifs is 1. The number of nitrogens with zero attached hydrogens (tertiary/aromatic N) is 5. The van der Waals surface area contributed by atoms with Crippen LogP contribution in [0.25, 0.3) is 5.57 Å². The number of hydrogen-bond donors (Lipinski definition) is 4. The molecular weight excluding hydrogens is 434 g/mol. The largest absolute Gasteiger partial charge is 0.387 e. The number of aliphatic hydroxyl groups excluding tert-OH is 1. The Morgan fingerprint density at radius 1 is 1.33 bits per heavy atom. The van der Waals surface area contributed by atoms with E-state index < -0.39 is 13.0 Å². The highest BCUT2D eigenvalue weighted by atomic mass is 19.3. The van der Waals surface area contributed by atoms with Crippen LogP contribution < -0.4 is 16.2 Å². The predicted molar refractivity (Wildman–Crippen MR) is 115 cm³/mol. The monoisotopic (exact) mass is 456 g/mol. The van der Waals surface area contributed by atoms with E-state index in [0.29, 0.717) is 48.2 Å². The first-order valence-electron chi connectivity index (χ1n) is 10.4. The quantitative estimate of drug-likeness (QED) is 0.511. The highest BCUT2D eigenvalue weighted by Crippen LogP contribution is 2.33. The number of aromatic nitrogens is 3. The van der Waals surface area contributed by atoms with Gasteiger partial charge < -0.3 is 20.7 Å². The number of pyridine rings is 1. The number of halogens is 2. The molecule has 1 amide bonds. The van der Waals surface area contributed by atoms with Crippen LogP contribution in [0.2, 0.25) is 0 Å². The van der Waals surface area contributed by atoms with Gasteiger partial charge in [-0.3, -0.25) is 10.2 Å². The normalized spacial score (nSPS) is 15.7. The van der Waals surface area contributed by atoms with Crippen molar-refractivity contribution in [1.29, 1.82) is 5.26 Å². The molecule has 2 aromatic heterocycles. The van der Waals surface area contributed by atoms with Crippen molar-refractivity contribution in [2.24, 2.45) is 5.92 Å². The van der Waals surface area contributed by atoms with Crippen LogP contribution in [0.5, 0.6) is 0 Å². The summed E-state index contributed by atoms with van der Waals surface area (Å²) in [7, 11) is 0. The number of amides is 1. The van der Waals surface area contributed by atoms with Gasteiger partial charge in [0.05, 0.1) is 17.5 Å². The number of alkyl halides is 2. The number of nitrogens with one attached hydrogen (secondary N) is 3. The fourth-order valence-electron chi connectivity index (χ4n) is 3.83. The van der Waals surface area contributed by atoms with Gasteiger partial charge in [0.15, 0.2) is 5.82 Å². The van der Waals surface area contributed by atoms with Crippen LogP contribution >= 0.6 is 0 Å². The van der Waals surface area contributed by atoms with Crippen molar-refractivity contribution in [2.45, 2.75) is 19.3 Å². The van der Waals surface area contributed by atoms with Crippen LogP contribution in [0.1, 0.15) is 41.7 Å². The first-order chi connectivity index (χ1) is 16.0. The first-order valence-corrected chi connectivity index (χ1v) is 10.4. The number of carbonyl (C=O) groups is 1. The van der Waals surface area contributed by atoms with E-state index >= 15 is 0 Å². The number of hydrazine groups is 1. The lowest BCUT2D eigenvalue weighted by Crippen LogP contribution is -2.41. The minimum absolute atomic E-state index is 0.194. The number of piperidine rings is 1. The number of aliphatic hydroxyl groups is 1. The second-order valence-corrected chi connectivity index (χ2v) is 7.72. The van der Waals surface area contributed by atoms with Gasteiger partial charge in [-0.1, -0.05) is 0 Å². The van der Waals surface area contributed by atoms with Crippen molar-refractivity contribution in [3.63, 3.8) is 0 Å². The SMILES string of the molecule is N#Cc1cnc(NCC2CCN(C(=O)CO)CC2)nc1C1=CNNc2ncc(C(F)F)cc21. The van der Waals surface area contributed by atoms with Crippen LogP contribution in [-0.4, -0.2) is 57.1 Å². The maximum absolute atomic E-state index is 13.2. The van der Waals surface area contributed by atoms with Crippen molar-refractivity contribution < 1.29 is 18.7 Å². The number of carbonyl (C=O) groups excluding carboxylic acids is 1. The van der Waals surface area contributed by atoms with Crippen molar-refractivity contribution >= 4 is 23.2 Å². The molecule has 0 spiro atoms. The molecule has 0 aromatic carbocycles. The first kappa shape index (κ1) is 22.3. The average molecular weight is 456 g/mol. The Morgan fingerprint density at radius 3 is 2.82 bits per heavy atom. The second kappa shape index (κ2) is 9.74. The smallest absolute Gasteiger partial charge is 0.265 e. The van der Waals surface area contributed by atoms with E-state index in [1.807, 2.05) is 6.07 Å². The third kappa shape index (κ3) is 4.83. The number of nitriles is 1. The minimum Gasteiger partial charge on any atom is -0.387 e. The lowest BCUT2D eigenvalue weighted by Gasteiger charge is -2.31. The summed E-state index contributed by atoms with van der Waals surface area (Å²) in [4.78, 5) is 26.0. The lowest BCUT2D eigenvalue weighted by molar-refractivity contribution is -0.135. The fraction of sp³-hybridized carbons (Fsp3) is 0.381. The van der Waals surface area contributed by atoms with E-state index in [1.165, 1.54) is 12.3 Å². The Balaban J connectivity index is 1.52. The molecule has 2 aliphatic heterocycles. The van der Waals surface area contributed by atoms with Gasteiger partial charge >= 0.3 is 0 Å². The summed E-state index contributed by atoms with van der Waals surface area (Å²) < 4.78 is 26.4. The summed E-state index contributed by atoms with van der Waals surface area (Å²) >= 11 is 0. The van der Waals surface area contributed by atoms with E-state index in [1.54, 1.807) is 11.1 Å². The summed E-state index contributed by atoms with van der Waals surface area (Å²) in [5, 5.41) is 21.7. The third-order valence-electron chi connectivity index (χ3n) is 5.67. The Labute approximate surface area is 188 Å². The van der Waals surface area contributed by atoms with Crippen LogP contribution in [-0.2, 0) is 4.79 Å². The molecule has 1 fully saturated rings. The topological polar surface area (TPSA) is 139 Å². The van der Waals surface area contributed by atoms with E-state index in [0.717, 1.165) is 19.0 Å². The maximum Gasteiger partial charge on any atom is 0.265 e. The minimum atomic E-state index is -2.68. The number of anilines is 2. The van der Waals surface area contributed by atoms with E-state index in [-0.39, 0.29) is 23.0 Å². The molecule has 2 aromatic rings. The highest BCUT2D eigenvalue weighted by Gasteiger charge is 2.24. The lowest BCUT2D eigenvalue weighted by atomic mass is 9.97. The molecule has 4 rings (SSSR count). The Bertz CT molecular complexity index is 1110. The molecule has 0 saturated carbocycles. The van der Waals surface area contributed by atoms with Crippen molar-refractivity contribution in [3.8, 4) is 6.07 Å². The van der Waals surface area contributed by atoms with Crippen LogP contribution in [0.15, 0.2) is 24.7 Å². The van der Waals surface area contributed by atoms with Gasteiger partial charge in [-0.15, -0.1) is 0 Å². The molecule has 10 nitrogen and oxygen atoms in total. The van der Waals surface area contributed by atoms with Crippen molar-refractivity contribution in [1.82, 2.24) is 25.3 Å². The molecule has 0 unspecified atom stereocenters. The van der Waals surface area contributed by atoms with Gasteiger partial charge in [0.1, 0.15) is 12.7 Å². The van der Waals surface area contributed by atoms with Gasteiger partial charge in [-0.2, -0.15) is 5.26 Å². The standard InChI is InChI=1S/C21H22F2N8O2/c22-19(23)13-5-15-16(10-28-30-20(15)25-8-13)18-14(6-24)9-27-21(29-18)26-7-12-1-3-31(4-2-12)17(33)11-32/h5,8-10,12,19,28,32H,1-4,7,11H2,(H,25,30)(H,26,27,29). The second-order valence-electron chi connectivity index (χ2n) is 7.72. The summed E-state index contributed by atoms with van der Waals surface area (Å²) in [6, 6.07) is 3.37. The zero-order valence-corrected chi connectivity index (χ0v) is 17.6. The Kier molecular flexibility index (Phi) is 6.60. The summed E-state index contributed by atoms with van der Waals surface area (Å²) in [6.07, 6.45) is 2.89. The number of hydrogen-bond acceptors (Lipinski definition) is 9. The zero-order chi connectivity index (χ0) is 23.4. The van der Waals surface area contributed by atoms with Gasteiger partial charge in [0, 0.05) is 48.7 Å². The van der Waals surface area contributed by atoms with Crippen molar-refractivity contribution in [2.75, 3.05) is 37.0 Å². The number of likely N-dealkylation sites (tertiary alicyclic amines) is 1. The molecule has 2 aliphatic rings. The molecule has 12 heteroatoms. The molecule has 1 saturated heterocycles. The fourth-order valence-corrected chi connectivity index (χ4v) is 3.83. The van der Waals surface area contributed by atoms with Crippen LogP contribution in [0.4, 0.5) is 20.5 Å². The molecule has 4 N–H and O–H groups in total. The summed E-state index contributed by atoms with van der Waals surface area (Å²) in [5.74, 6) is 0.666. The van der Waals surface area contributed by atoms with Crippen LogP contribution in [0, 0.1) is 17.2 Å². The molecule has 0 radical (unpaired) electrons. The Morgan fingerprint density at radius 2 is 2.12 bits per heavy atom. The Hall–Kier alpha value is -3.85. The average Bonchev–Trinajstić information content (AvgIpc) is 2.86. The van der Waals surface area contributed by atoms with E-state index in [9.17, 15) is 18.8 Å². The molecule has 172 valence electrons. The summed E-state index contributed by atoms with van der Waals surface area (Å²) in [5.41, 5.74) is 6.69. The molecule has 0 bridgehead atoms. The molecular formula is C21H22F2N8O2. The zero-order valence-electron chi connectivity index (χ0n) is 17.6. The molecule has 0 aliphatic carbocycles. The van der Waals surface area contributed by atoms with E-state index in [2.05, 4.69) is 31.1 Å². The van der Waals surface area contributed by atoms with Gasteiger partial charge in [-0.25, -0.2) is 23.7 Å². The summed E-state index contributed by atoms with van der Waals surface area (Å²) in [6.45, 7) is 1.24.